The Morgan fingerprint density at radius 3 is 2.38 bits per heavy atom. The number of carbonyl (C=O) groups excluding carboxylic acids is 1. The van der Waals surface area contributed by atoms with E-state index in [-0.39, 0.29) is 12.0 Å². The van der Waals surface area contributed by atoms with Crippen LogP contribution in [0.25, 0.3) is 11.1 Å². The second kappa shape index (κ2) is 7.82. The molecule has 5 heteroatoms. The number of rotatable bonds is 4. The van der Waals surface area contributed by atoms with Gasteiger partial charge in [0.15, 0.2) is 5.78 Å². The number of hydrogen-bond donors (Lipinski definition) is 1. The third-order valence-corrected chi connectivity index (χ3v) is 6.82. The Bertz CT molecular complexity index is 1180. The lowest BCUT2D eigenvalue weighted by Gasteiger charge is -2.47. The molecular weight excluding hydrogens is 410 g/mol. The van der Waals surface area contributed by atoms with E-state index in [0.717, 1.165) is 59.4 Å². The predicted octanol–water partition coefficient (Wildman–Crippen LogP) is 6.10. The van der Waals surface area contributed by atoms with Gasteiger partial charge in [-0.2, -0.15) is 0 Å². The maximum Gasteiger partial charge on any atom is 0.173 e. The summed E-state index contributed by atoms with van der Waals surface area (Å²) in [7, 11) is 0. The number of fused-ring (bicyclic) bond motifs is 1. The number of hydrogen-bond acceptors (Lipinski definition) is 3. The molecule has 1 spiro atoms. The normalized spacial score (nSPS) is 18.6. The first-order chi connectivity index (χ1) is 15.4. The Morgan fingerprint density at radius 2 is 1.75 bits per heavy atom. The average molecular weight is 434 g/mol. The Labute approximate surface area is 185 Å². The molecule has 1 aliphatic carbocycles. The van der Waals surface area contributed by atoms with Crippen molar-refractivity contribution in [2.75, 3.05) is 0 Å². The average Bonchev–Trinajstić information content (AvgIpc) is 2.74. The summed E-state index contributed by atoms with van der Waals surface area (Å²) in [5, 5.41) is 10.6. The van der Waals surface area contributed by atoms with Gasteiger partial charge in [0.25, 0.3) is 0 Å². The fraction of sp³-hybridized carbons (Fsp3) is 0.296. The van der Waals surface area contributed by atoms with E-state index in [1.165, 1.54) is 6.07 Å². The lowest BCUT2D eigenvalue weighted by molar-refractivity contribution is -0.0667. The van der Waals surface area contributed by atoms with Crippen LogP contribution in [0.3, 0.4) is 0 Å². The van der Waals surface area contributed by atoms with Crippen molar-refractivity contribution in [1.29, 1.82) is 0 Å². The topological polar surface area (TPSA) is 46.5 Å². The monoisotopic (exact) mass is 434 g/mol. The van der Waals surface area contributed by atoms with Gasteiger partial charge < -0.3 is 9.84 Å². The summed E-state index contributed by atoms with van der Waals surface area (Å²) < 4.78 is 34.2. The number of Topliss-reactive ketones (excluding diaryl/α,β-unsaturated/α-hetero) is 1. The third-order valence-electron chi connectivity index (χ3n) is 6.82. The fourth-order valence-corrected chi connectivity index (χ4v) is 4.86. The highest BCUT2D eigenvalue weighted by Gasteiger charge is 2.45. The molecule has 5 rings (SSSR count). The second-order valence-corrected chi connectivity index (χ2v) is 8.91. The molecule has 164 valence electrons. The molecule has 0 amide bonds. The summed E-state index contributed by atoms with van der Waals surface area (Å²) in [4.78, 5) is 12.4. The highest BCUT2D eigenvalue weighted by atomic mass is 19.1. The predicted molar refractivity (Wildman–Crippen MR) is 118 cm³/mol. The summed E-state index contributed by atoms with van der Waals surface area (Å²) in [6, 6.07) is 14.7. The number of halogens is 2. The van der Waals surface area contributed by atoms with Crippen LogP contribution in [0.15, 0.2) is 54.6 Å². The Hall–Kier alpha value is -3.05. The molecule has 1 unspecified atom stereocenters. The van der Waals surface area contributed by atoms with Gasteiger partial charge in [-0.15, -0.1) is 0 Å². The van der Waals surface area contributed by atoms with E-state index in [1.807, 2.05) is 31.2 Å². The quantitative estimate of drug-likeness (QED) is 0.505. The number of benzene rings is 3. The standard InChI is InChI=1S/C27H24F2O3/c1-16-19(10-11-20-24(31)15-27(12-3-13-27)32-26(16)20)18-8-6-17(7-9-18)14-23(30)25-21(28)4-2-5-22(25)29/h2,4-11,24,31H,3,12-15H2,1H3. The maximum absolute atomic E-state index is 13.9. The second-order valence-electron chi connectivity index (χ2n) is 8.91. The molecule has 1 saturated carbocycles. The zero-order valence-corrected chi connectivity index (χ0v) is 17.8. The Morgan fingerprint density at radius 1 is 1.06 bits per heavy atom. The molecule has 3 aromatic rings. The Kier molecular flexibility index (Phi) is 5.09. The van der Waals surface area contributed by atoms with Crippen molar-refractivity contribution in [3.8, 4) is 16.9 Å². The lowest BCUT2D eigenvalue weighted by atomic mass is 9.73. The molecule has 1 N–H and O–H groups in total. The van der Waals surface area contributed by atoms with E-state index >= 15 is 0 Å². The summed E-state index contributed by atoms with van der Waals surface area (Å²) in [5.74, 6) is -1.51. The van der Waals surface area contributed by atoms with Gasteiger partial charge in [0.05, 0.1) is 11.7 Å². The van der Waals surface area contributed by atoms with Crippen LogP contribution in [0.1, 0.15) is 58.8 Å². The van der Waals surface area contributed by atoms with Crippen LogP contribution in [0.4, 0.5) is 8.78 Å². The van der Waals surface area contributed by atoms with E-state index in [9.17, 15) is 18.7 Å². The van der Waals surface area contributed by atoms with Gasteiger partial charge in [0, 0.05) is 18.4 Å². The molecule has 0 radical (unpaired) electrons. The SMILES string of the molecule is Cc1c(-c2ccc(CC(=O)c3c(F)cccc3F)cc2)ccc2c1OC1(CCC1)CC2O. The van der Waals surface area contributed by atoms with E-state index < -0.39 is 29.1 Å². The van der Waals surface area contributed by atoms with Crippen molar-refractivity contribution in [3.05, 3.63) is 88.5 Å². The van der Waals surface area contributed by atoms with Crippen LogP contribution in [0.5, 0.6) is 5.75 Å². The van der Waals surface area contributed by atoms with Gasteiger partial charge in [-0.05, 0) is 60.6 Å². The van der Waals surface area contributed by atoms with Gasteiger partial charge in [-0.25, -0.2) is 8.78 Å². The summed E-state index contributed by atoms with van der Waals surface area (Å²) in [6.45, 7) is 2.00. The minimum absolute atomic E-state index is 0.0842. The number of aliphatic hydroxyl groups is 1. The van der Waals surface area contributed by atoms with E-state index in [4.69, 9.17) is 4.74 Å². The molecule has 3 aromatic carbocycles. The molecule has 0 saturated heterocycles. The fourth-order valence-electron chi connectivity index (χ4n) is 4.86. The number of ketones is 1. The summed E-state index contributed by atoms with van der Waals surface area (Å²) >= 11 is 0. The molecular formula is C27H24F2O3. The van der Waals surface area contributed by atoms with Crippen LogP contribution in [-0.2, 0) is 6.42 Å². The van der Waals surface area contributed by atoms with Crippen molar-refractivity contribution in [2.24, 2.45) is 0 Å². The zero-order valence-electron chi connectivity index (χ0n) is 17.8. The van der Waals surface area contributed by atoms with Gasteiger partial charge >= 0.3 is 0 Å². The van der Waals surface area contributed by atoms with Gasteiger partial charge in [-0.1, -0.05) is 42.5 Å². The molecule has 0 aromatic heterocycles. The first-order valence-corrected chi connectivity index (χ1v) is 10.9. The lowest BCUT2D eigenvalue weighted by Crippen LogP contribution is -2.47. The van der Waals surface area contributed by atoms with Gasteiger partial charge in [0.1, 0.15) is 23.0 Å². The molecule has 3 nitrogen and oxygen atoms in total. The molecule has 32 heavy (non-hydrogen) atoms. The van der Waals surface area contributed by atoms with Crippen molar-refractivity contribution in [1.82, 2.24) is 0 Å². The van der Waals surface area contributed by atoms with Crippen molar-refractivity contribution in [2.45, 2.75) is 50.7 Å². The van der Waals surface area contributed by atoms with Gasteiger partial charge in [0.2, 0.25) is 0 Å². The van der Waals surface area contributed by atoms with Crippen molar-refractivity contribution in [3.63, 3.8) is 0 Å². The Balaban J connectivity index is 1.40. The number of carbonyl (C=O) groups is 1. The molecule has 2 aliphatic rings. The molecule has 1 heterocycles. The van der Waals surface area contributed by atoms with Crippen LogP contribution in [-0.4, -0.2) is 16.5 Å². The highest BCUT2D eigenvalue weighted by molar-refractivity contribution is 5.98. The molecule has 1 atom stereocenters. The van der Waals surface area contributed by atoms with Crippen LogP contribution in [0.2, 0.25) is 0 Å². The molecule has 1 aliphatic heterocycles. The minimum atomic E-state index is -0.845. The van der Waals surface area contributed by atoms with Crippen LogP contribution in [0, 0.1) is 18.6 Å². The summed E-state index contributed by atoms with van der Waals surface area (Å²) in [6.07, 6.45) is 3.11. The van der Waals surface area contributed by atoms with Crippen molar-refractivity contribution >= 4 is 5.78 Å². The number of aliphatic hydroxyl groups excluding tert-OH is 1. The maximum atomic E-state index is 13.9. The van der Waals surface area contributed by atoms with Crippen LogP contribution >= 0.6 is 0 Å². The largest absolute Gasteiger partial charge is 0.486 e. The van der Waals surface area contributed by atoms with Crippen molar-refractivity contribution < 1.29 is 23.4 Å². The first-order valence-electron chi connectivity index (χ1n) is 10.9. The zero-order chi connectivity index (χ0) is 22.5. The minimum Gasteiger partial charge on any atom is -0.486 e. The van der Waals surface area contributed by atoms with E-state index in [1.54, 1.807) is 12.1 Å². The smallest absolute Gasteiger partial charge is 0.173 e. The third kappa shape index (κ3) is 3.51. The molecule has 0 bridgehead atoms. The number of ether oxygens (including phenoxy) is 1. The van der Waals surface area contributed by atoms with Gasteiger partial charge in [-0.3, -0.25) is 4.79 Å². The van der Waals surface area contributed by atoms with E-state index in [2.05, 4.69) is 0 Å². The highest BCUT2D eigenvalue weighted by Crippen LogP contribution is 2.51. The first kappa shape index (κ1) is 20.8. The van der Waals surface area contributed by atoms with E-state index in [0.29, 0.717) is 12.0 Å². The summed E-state index contributed by atoms with van der Waals surface area (Å²) in [5.41, 5.74) is 3.69. The molecule has 1 fully saturated rings. The van der Waals surface area contributed by atoms with Crippen LogP contribution < -0.4 is 4.74 Å².